The van der Waals surface area contributed by atoms with E-state index in [1.54, 1.807) is 12.1 Å². The molecule has 0 spiro atoms. The van der Waals surface area contributed by atoms with Gasteiger partial charge in [0.25, 0.3) is 0 Å². The smallest absolute Gasteiger partial charge is 0.127 e. The largest absolute Gasteiger partial charge is 0.389 e. The first-order valence-electron chi connectivity index (χ1n) is 7.02. The van der Waals surface area contributed by atoms with E-state index in [1.807, 2.05) is 0 Å². The fraction of sp³-hybridized carbons (Fsp3) is 0.533. The van der Waals surface area contributed by atoms with Gasteiger partial charge in [-0.05, 0) is 32.0 Å². The number of halogens is 1. The van der Waals surface area contributed by atoms with Crippen LogP contribution in [0.1, 0.15) is 25.0 Å². The number of hydrogen-bond donors (Lipinski definition) is 1. The summed E-state index contributed by atoms with van der Waals surface area (Å²) in [5.41, 5.74) is 7.01. The number of piperazine rings is 1. The highest BCUT2D eigenvalue weighted by atomic mass is 32.1. The second-order valence-electron chi connectivity index (χ2n) is 5.58. The molecule has 1 aliphatic rings. The van der Waals surface area contributed by atoms with Gasteiger partial charge in [-0.25, -0.2) is 4.39 Å². The van der Waals surface area contributed by atoms with Crippen molar-refractivity contribution in [1.82, 2.24) is 9.80 Å². The number of benzene rings is 1. The van der Waals surface area contributed by atoms with Crippen LogP contribution in [0.3, 0.4) is 0 Å². The Bertz CT molecular complexity index is 482. The van der Waals surface area contributed by atoms with Crippen LogP contribution < -0.4 is 5.73 Å². The molecule has 0 atom stereocenters. The highest BCUT2D eigenvalue weighted by molar-refractivity contribution is 7.80. The van der Waals surface area contributed by atoms with Crippen molar-refractivity contribution in [2.75, 3.05) is 26.2 Å². The molecule has 0 amide bonds. The van der Waals surface area contributed by atoms with Gasteiger partial charge in [0.2, 0.25) is 0 Å². The summed E-state index contributed by atoms with van der Waals surface area (Å²) in [4.78, 5) is 5.04. The molecule has 1 heterocycles. The van der Waals surface area contributed by atoms with Crippen molar-refractivity contribution in [3.8, 4) is 0 Å². The van der Waals surface area contributed by atoms with Crippen LogP contribution in [0.25, 0.3) is 0 Å². The molecule has 1 aliphatic heterocycles. The summed E-state index contributed by atoms with van der Waals surface area (Å²) < 4.78 is 13.9. The number of nitrogens with zero attached hydrogens (tertiary/aromatic N) is 2. The quantitative estimate of drug-likeness (QED) is 0.861. The van der Waals surface area contributed by atoms with Crippen molar-refractivity contribution in [3.05, 3.63) is 35.1 Å². The normalized spacial score (nSPS) is 17.6. The number of rotatable bonds is 4. The Morgan fingerprint density at radius 2 is 1.95 bits per heavy atom. The van der Waals surface area contributed by atoms with E-state index in [4.69, 9.17) is 18.0 Å². The minimum Gasteiger partial charge on any atom is -0.389 e. The van der Waals surface area contributed by atoms with Crippen LogP contribution >= 0.6 is 12.2 Å². The van der Waals surface area contributed by atoms with Gasteiger partial charge in [-0.1, -0.05) is 12.2 Å². The fourth-order valence-electron chi connectivity index (χ4n) is 2.53. The minimum absolute atomic E-state index is 0.184. The third-order valence-corrected chi connectivity index (χ3v) is 4.10. The summed E-state index contributed by atoms with van der Waals surface area (Å²) in [6.07, 6.45) is 0. The molecule has 0 saturated carbocycles. The molecule has 2 rings (SSSR count). The van der Waals surface area contributed by atoms with Crippen molar-refractivity contribution in [3.63, 3.8) is 0 Å². The van der Waals surface area contributed by atoms with Crippen LogP contribution in [0, 0.1) is 5.82 Å². The highest BCUT2D eigenvalue weighted by Gasteiger charge is 2.19. The van der Waals surface area contributed by atoms with Crippen molar-refractivity contribution in [2.24, 2.45) is 5.73 Å². The molecule has 3 nitrogen and oxygen atoms in total. The van der Waals surface area contributed by atoms with Gasteiger partial charge < -0.3 is 5.73 Å². The first-order valence-corrected chi connectivity index (χ1v) is 7.43. The zero-order valence-corrected chi connectivity index (χ0v) is 12.9. The zero-order chi connectivity index (χ0) is 14.7. The first-order chi connectivity index (χ1) is 9.47. The lowest BCUT2D eigenvalue weighted by Gasteiger charge is -2.37. The lowest BCUT2D eigenvalue weighted by Crippen LogP contribution is -2.48. The van der Waals surface area contributed by atoms with Crippen LogP contribution in [0.2, 0.25) is 0 Å². The molecule has 2 N–H and O–H groups in total. The third-order valence-electron chi connectivity index (χ3n) is 3.86. The molecule has 0 radical (unpaired) electrons. The van der Waals surface area contributed by atoms with Crippen molar-refractivity contribution >= 4 is 17.2 Å². The van der Waals surface area contributed by atoms with E-state index < -0.39 is 0 Å². The Balaban J connectivity index is 2.00. The number of nitrogens with two attached hydrogens (primary N) is 1. The molecule has 0 unspecified atom stereocenters. The predicted octanol–water partition coefficient (Wildman–Crippen LogP) is 1.99. The van der Waals surface area contributed by atoms with Crippen molar-refractivity contribution in [1.29, 1.82) is 0 Å². The Hall–Kier alpha value is -1.04. The first kappa shape index (κ1) is 15.4. The molecule has 1 aromatic rings. The Morgan fingerprint density at radius 3 is 2.50 bits per heavy atom. The summed E-state index contributed by atoms with van der Waals surface area (Å²) in [5, 5.41) is 0. The molecular formula is C15H22FN3S. The van der Waals surface area contributed by atoms with E-state index >= 15 is 0 Å². The molecule has 1 saturated heterocycles. The molecule has 0 aliphatic carbocycles. The molecule has 0 aromatic heterocycles. The van der Waals surface area contributed by atoms with Gasteiger partial charge in [-0.2, -0.15) is 0 Å². The van der Waals surface area contributed by atoms with E-state index in [0.29, 0.717) is 23.1 Å². The summed E-state index contributed by atoms with van der Waals surface area (Å²) >= 11 is 4.95. The Labute approximate surface area is 125 Å². The monoisotopic (exact) mass is 295 g/mol. The highest BCUT2D eigenvalue weighted by Crippen LogP contribution is 2.15. The molecule has 1 aromatic carbocycles. The minimum atomic E-state index is -0.184. The topological polar surface area (TPSA) is 32.5 Å². The second-order valence-corrected chi connectivity index (χ2v) is 6.02. The van der Waals surface area contributed by atoms with Crippen molar-refractivity contribution in [2.45, 2.75) is 26.4 Å². The molecule has 110 valence electrons. The van der Waals surface area contributed by atoms with Gasteiger partial charge in [0.1, 0.15) is 10.8 Å². The van der Waals surface area contributed by atoms with E-state index in [9.17, 15) is 4.39 Å². The van der Waals surface area contributed by atoms with Gasteiger partial charge in [0, 0.05) is 49.9 Å². The van der Waals surface area contributed by atoms with Gasteiger partial charge in [-0.3, -0.25) is 9.80 Å². The molecule has 1 fully saturated rings. The second kappa shape index (κ2) is 6.61. The number of thiocarbonyl (C=S) groups is 1. The number of hydrogen-bond acceptors (Lipinski definition) is 3. The average molecular weight is 295 g/mol. The summed E-state index contributed by atoms with van der Waals surface area (Å²) in [6.45, 7) is 9.04. The fourth-order valence-corrected chi connectivity index (χ4v) is 2.65. The zero-order valence-electron chi connectivity index (χ0n) is 12.1. The Morgan fingerprint density at radius 1 is 1.30 bits per heavy atom. The van der Waals surface area contributed by atoms with E-state index in [1.165, 1.54) is 6.07 Å². The van der Waals surface area contributed by atoms with E-state index in [-0.39, 0.29) is 5.82 Å². The van der Waals surface area contributed by atoms with E-state index in [2.05, 4.69) is 23.6 Å². The lowest BCUT2D eigenvalue weighted by atomic mass is 10.1. The molecule has 20 heavy (non-hydrogen) atoms. The average Bonchev–Trinajstić information content (AvgIpc) is 2.41. The lowest BCUT2D eigenvalue weighted by molar-refractivity contribution is 0.103. The van der Waals surface area contributed by atoms with Crippen LogP contribution in [0.5, 0.6) is 0 Å². The van der Waals surface area contributed by atoms with Gasteiger partial charge >= 0.3 is 0 Å². The van der Waals surface area contributed by atoms with Crippen LogP contribution in [0.15, 0.2) is 18.2 Å². The maximum absolute atomic E-state index is 13.9. The van der Waals surface area contributed by atoms with Gasteiger partial charge in [0.05, 0.1) is 0 Å². The van der Waals surface area contributed by atoms with Gasteiger partial charge in [-0.15, -0.1) is 0 Å². The molecule has 0 bridgehead atoms. The summed E-state index contributed by atoms with van der Waals surface area (Å²) in [7, 11) is 0. The standard InChI is InChI=1S/C15H22FN3S/c1-11(2)19-7-5-18(6-8-19)10-13-9-12(15(17)20)3-4-14(13)16/h3-4,9,11H,5-8,10H2,1-2H3,(H2,17,20). The molecular weight excluding hydrogens is 273 g/mol. The van der Waals surface area contributed by atoms with Crippen molar-refractivity contribution < 1.29 is 4.39 Å². The SMILES string of the molecule is CC(C)N1CCN(Cc2cc(C(N)=S)ccc2F)CC1. The maximum atomic E-state index is 13.9. The van der Waals surface area contributed by atoms with Crippen LogP contribution in [-0.4, -0.2) is 47.0 Å². The Kier molecular flexibility index (Phi) is 5.07. The van der Waals surface area contributed by atoms with Crippen LogP contribution in [0.4, 0.5) is 4.39 Å². The van der Waals surface area contributed by atoms with Gasteiger partial charge in [0.15, 0.2) is 0 Å². The van der Waals surface area contributed by atoms with E-state index in [0.717, 1.165) is 31.7 Å². The molecule has 5 heteroatoms. The summed E-state index contributed by atoms with van der Waals surface area (Å²) in [6, 6.07) is 5.44. The predicted molar refractivity (Wildman–Crippen MR) is 84.3 cm³/mol. The summed E-state index contributed by atoms with van der Waals surface area (Å²) in [5.74, 6) is -0.184. The third kappa shape index (κ3) is 3.75. The van der Waals surface area contributed by atoms with Crippen LogP contribution in [-0.2, 0) is 6.54 Å². The maximum Gasteiger partial charge on any atom is 0.127 e.